The van der Waals surface area contributed by atoms with Crippen LogP contribution in [0.4, 0.5) is 4.79 Å². The molecular formula is C25H21NO2S2. The van der Waals surface area contributed by atoms with Crippen LogP contribution in [0.25, 0.3) is 6.08 Å². The molecule has 0 bridgehead atoms. The summed E-state index contributed by atoms with van der Waals surface area (Å²) in [5.41, 5.74) is 4.55. The third-order valence-electron chi connectivity index (χ3n) is 4.92. The van der Waals surface area contributed by atoms with Gasteiger partial charge in [0.1, 0.15) is 0 Å². The molecule has 2 atom stereocenters. The number of carbonyl (C=O) groups is 2. The second-order valence-corrected chi connectivity index (χ2v) is 9.43. The Kier molecular flexibility index (Phi) is 6.41. The second-order valence-electron chi connectivity index (χ2n) is 6.96. The van der Waals surface area contributed by atoms with E-state index >= 15 is 0 Å². The molecule has 2 amide bonds. The van der Waals surface area contributed by atoms with E-state index in [1.54, 1.807) is 0 Å². The van der Waals surface area contributed by atoms with Gasteiger partial charge >= 0.3 is 0 Å². The lowest BCUT2D eigenvalue weighted by molar-refractivity contribution is -0.115. The molecule has 1 aliphatic rings. The molecule has 150 valence electrons. The fraction of sp³-hybridized carbons (Fsp3) is 0.120. The number of hydrogen-bond acceptors (Lipinski definition) is 4. The van der Waals surface area contributed by atoms with E-state index in [2.05, 4.69) is 66.8 Å². The van der Waals surface area contributed by atoms with Crippen molar-refractivity contribution in [2.24, 2.45) is 0 Å². The number of imide groups is 1. The zero-order valence-corrected chi connectivity index (χ0v) is 18.1. The zero-order chi connectivity index (χ0) is 20.9. The number of nitrogens with one attached hydrogen (secondary N) is 1. The molecule has 3 aromatic carbocycles. The maximum absolute atomic E-state index is 12.1. The van der Waals surface area contributed by atoms with Crippen LogP contribution in [0.5, 0.6) is 0 Å². The van der Waals surface area contributed by atoms with Crippen molar-refractivity contribution in [3.05, 3.63) is 112 Å². The van der Waals surface area contributed by atoms with Crippen LogP contribution in [-0.2, 0) is 4.79 Å². The molecule has 0 spiro atoms. The predicted octanol–water partition coefficient (Wildman–Crippen LogP) is 6.59. The van der Waals surface area contributed by atoms with Gasteiger partial charge in [0.15, 0.2) is 0 Å². The Morgan fingerprint density at radius 1 is 0.833 bits per heavy atom. The van der Waals surface area contributed by atoms with Crippen LogP contribution >= 0.6 is 23.5 Å². The van der Waals surface area contributed by atoms with Crippen LogP contribution in [0, 0.1) is 0 Å². The lowest BCUT2D eigenvalue weighted by atomic mass is 9.98. The largest absolute Gasteiger partial charge is 0.290 e. The van der Waals surface area contributed by atoms with Crippen molar-refractivity contribution in [1.29, 1.82) is 0 Å². The van der Waals surface area contributed by atoms with E-state index in [1.165, 1.54) is 11.1 Å². The normalized spacial score (nSPS) is 17.0. The molecule has 0 saturated carbocycles. The van der Waals surface area contributed by atoms with Gasteiger partial charge in [-0.2, -0.15) is 0 Å². The van der Waals surface area contributed by atoms with Crippen molar-refractivity contribution in [3.8, 4) is 0 Å². The van der Waals surface area contributed by atoms with E-state index in [0.29, 0.717) is 4.91 Å². The lowest BCUT2D eigenvalue weighted by Gasteiger charge is -2.24. The van der Waals surface area contributed by atoms with E-state index in [9.17, 15) is 9.59 Å². The molecule has 1 aliphatic heterocycles. The summed E-state index contributed by atoms with van der Waals surface area (Å²) in [6.45, 7) is 2.22. The van der Waals surface area contributed by atoms with Gasteiger partial charge in [-0.25, -0.2) is 0 Å². The van der Waals surface area contributed by atoms with Crippen molar-refractivity contribution >= 4 is 40.7 Å². The zero-order valence-electron chi connectivity index (χ0n) is 16.4. The minimum Gasteiger partial charge on any atom is -0.282 e. The predicted molar refractivity (Wildman–Crippen MR) is 126 cm³/mol. The first-order chi connectivity index (χ1) is 14.6. The number of thioether (sulfide) groups is 2. The van der Waals surface area contributed by atoms with E-state index in [4.69, 9.17) is 0 Å². The van der Waals surface area contributed by atoms with Crippen LogP contribution in [-0.4, -0.2) is 11.1 Å². The van der Waals surface area contributed by atoms with E-state index in [-0.39, 0.29) is 21.6 Å². The molecule has 0 aromatic heterocycles. The third kappa shape index (κ3) is 4.69. The van der Waals surface area contributed by atoms with Crippen LogP contribution < -0.4 is 5.32 Å². The molecule has 1 heterocycles. The Morgan fingerprint density at radius 2 is 1.43 bits per heavy atom. The van der Waals surface area contributed by atoms with E-state index in [1.807, 2.05) is 48.2 Å². The molecule has 0 radical (unpaired) electrons. The second kappa shape index (κ2) is 9.37. The van der Waals surface area contributed by atoms with Gasteiger partial charge in [-0.15, -0.1) is 11.8 Å². The molecule has 3 nitrogen and oxygen atoms in total. The summed E-state index contributed by atoms with van der Waals surface area (Å²) in [7, 11) is 0. The highest BCUT2D eigenvalue weighted by molar-refractivity contribution is 8.18. The van der Waals surface area contributed by atoms with Crippen molar-refractivity contribution < 1.29 is 9.59 Å². The van der Waals surface area contributed by atoms with Gasteiger partial charge in [0.2, 0.25) is 0 Å². The maximum Gasteiger partial charge on any atom is 0.290 e. The molecule has 30 heavy (non-hydrogen) atoms. The quantitative estimate of drug-likeness (QED) is 0.447. The lowest BCUT2D eigenvalue weighted by Crippen LogP contribution is -2.17. The molecule has 4 rings (SSSR count). The van der Waals surface area contributed by atoms with Crippen molar-refractivity contribution in [1.82, 2.24) is 5.32 Å². The van der Waals surface area contributed by atoms with Gasteiger partial charge in [0, 0.05) is 5.25 Å². The number of amides is 2. The highest BCUT2D eigenvalue weighted by Crippen LogP contribution is 2.45. The van der Waals surface area contributed by atoms with Crippen molar-refractivity contribution in [3.63, 3.8) is 0 Å². The van der Waals surface area contributed by atoms with Crippen molar-refractivity contribution in [2.75, 3.05) is 0 Å². The van der Waals surface area contributed by atoms with Crippen LogP contribution in [0.2, 0.25) is 0 Å². The summed E-state index contributed by atoms with van der Waals surface area (Å²) in [5, 5.41) is 2.37. The summed E-state index contributed by atoms with van der Waals surface area (Å²) in [6, 6.07) is 29.0. The Morgan fingerprint density at radius 3 is 2.07 bits per heavy atom. The highest BCUT2D eigenvalue weighted by atomic mass is 32.2. The summed E-state index contributed by atoms with van der Waals surface area (Å²) in [6.07, 6.45) is 1.82. The molecule has 3 aromatic rings. The average Bonchev–Trinajstić information content (AvgIpc) is 3.10. The summed E-state index contributed by atoms with van der Waals surface area (Å²) >= 11 is 2.82. The minimum absolute atomic E-state index is 0.0830. The number of hydrogen-bond donors (Lipinski definition) is 1. The first kappa shape index (κ1) is 20.5. The van der Waals surface area contributed by atoms with Gasteiger partial charge in [-0.1, -0.05) is 84.9 Å². The van der Waals surface area contributed by atoms with Gasteiger partial charge in [-0.3, -0.25) is 14.9 Å². The van der Waals surface area contributed by atoms with Crippen LogP contribution in [0.3, 0.4) is 0 Å². The van der Waals surface area contributed by atoms with Gasteiger partial charge in [0.05, 0.1) is 10.2 Å². The SMILES string of the molecule is CC(SC(c1ccccc1)c1ccccc1/C=C1/SC(=O)NC1=O)c1ccccc1. The fourth-order valence-corrected chi connectivity index (χ4v) is 5.48. The Bertz CT molecular complexity index is 1080. The van der Waals surface area contributed by atoms with Crippen LogP contribution in [0.1, 0.15) is 39.7 Å². The van der Waals surface area contributed by atoms with E-state index in [0.717, 1.165) is 22.9 Å². The molecule has 1 fully saturated rings. The fourth-order valence-electron chi connectivity index (χ4n) is 3.41. The summed E-state index contributed by atoms with van der Waals surface area (Å²) < 4.78 is 0. The first-order valence-electron chi connectivity index (χ1n) is 9.71. The number of carbonyl (C=O) groups excluding carboxylic acids is 2. The molecule has 1 N–H and O–H groups in total. The Hall–Kier alpha value is -2.76. The molecule has 0 aliphatic carbocycles. The van der Waals surface area contributed by atoms with Gasteiger partial charge in [0.25, 0.3) is 11.1 Å². The molecule has 1 saturated heterocycles. The third-order valence-corrected chi connectivity index (χ3v) is 7.21. The molecule has 5 heteroatoms. The average molecular weight is 432 g/mol. The summed E-state index contributed by atoms with van der Waals surface area (Å²) in [5.74, 6) is -0.332. The summed E-state index contributed by atoms with van der Waals surface area (Å²) in [4.78, 5) is 24.1. The van der Waals surface area contributed by atoms with Gasteiger partial charge in [-0.05, 0) is 47.0 Å². The van der Waals surface area contributed by atoms with Gasteiger partial charge < -0.3 is 0 Å². The molecule has 2 unspecified atom stereocenters. The topological polar surface area (TPSA) is 46.2 Å². The smallest absolute Gasteiger partial charge is 0.282 e. The highest BCUT2D eigenvalue weighted by Gasteiger charge is 2.26. The Balaban J connectivity index is 1.74. The Labute approximate surface area is 185 Å². The van der Waals surface area contributed by atoms with Crippen molar-refractivity contribution in [2.45, 2.75) is 17.4 Å². The minimum atomic E-state index is -0.332. The standard InChI is InChI=1S/C25H21NO2S2/c1-17(18-10-4-2-5-11-18)29-23(19-12-6-3-7-13-19)21-15-9-8-14-20(21)16-22-24(27)26-25(28)30-22/h2-17,23H,1H3,(H,26,27,28)/b22-16+. The van der Waals surface area contributed by atoms with Crippen LogP contribution in [0.15, 0.2) is 89.8 Å². The van der Waals surface area contributed by atoms with E-state index < -0.39 is 0 Å². The number of benzene rings is 3. The first-order valence-corrected chi connectivity index (χ1v) is 11.5. The monoisotopic (exact) mass is 431 g/mol. The number of rotatable bonds is 6. The maximum atomic E-state index is 12.1. The molecular weight excluding hydrogens is 410 g/mol.